The van der Waals surface area contributed by atoms with Gasteiger partial charge in [0, 0.05) is 0 Å². The molecule has 0 radical (unpaired) electrons. The predicted octanol–water partition coefficient (Wildman–Crippen LogP) is 0.717. The zero-order chi connectivity index (χ0) is 11.1. The quantitative estimate of drug-likeness (QED) is 0.524. The highest BCUT2D eigenvalue weighted by atomic mass is 33.1. The van der Waals surface area contributed by atoms with Crippen LogP contribution in [0, 0.1) is 0 Å². The van der Waals surface area contributed by atoms with Gasteiger partial charge < -0.3 is 11.5 Å². The molecule has 0 aliphatic carbocycles. The Bertz CT molecular complexity index is 192. The lowest BCUT2D eigenvalue weighted by Gasteiger charge is -2.12. The number of primary amides is 2. The van der Waals surface area contributed by atoms with Crippen LogP contribution in [0.5, 0.6) is 0 Å². The zero-order valence-corrected chi connectivity index (χ0v) is 11.0. The summed E-state index contributed by atoms with van der Waals surface area (Å²) in [6.07, 6.45) is 3.59. The molecule has 0 aliphatic heterocycles. The van der Waals surface area contributed by atoms with E-state index in [0.717, 1.165) is 0 Å². The van der Waals surface area contributed by atoms with Crippen LogP contribution in [0.1, 0.15) is 0 Å². The molecule has 0 bridgehead atoms. The van der Waals surface area contributed by atoms with Crippen molar-refractivity contribution < 1.29 is 9.59 Å². The minimum atomic E-state index is -0.390. The maximum atomic E-state index is 10.8. The first-order chi connectivity index (χ1) is 6.52. The highest BCUT2D eigenvalue weighted by Gasteiger charge is 2.20. The van der Waals surface area contributed by atoms with Crippen molar-refractivity contribution in [3.63, 3.8) is 0 Å². The minimum Gasteiger partial charge on any atom is -0.368 e. The Morgan fingerprint density at radius 1 is 0.929 bits per heavy atom. The van der Waals surface area contributed by atoms with Gasteiger partial charge in [-0.05, 0) is 12.5 Å². The van der Waals surface area contributed by atoms with Crippen molar-refractivity contribution >= 4 is 56.9 Å². The summed E-state index contributed by atoms with van der Waals surface area (Å²) in [5.41, 5.74) is 10.3. The van der Waals surface area contributed by atoms with Crippen LogP contribution in [0.4, 0.5) is 0 Å². The van der Waals surface area contributed by atoms with Crippen LogP contribution in [0.25, 0.3) is 0 Å². The Hall–Kier alpha value is 0.340. The first-order valence-corrected chi connectivity index (χ1v) is 8.34. The molecule has 14 heavy (non-hydrogen) atoms. The van der Waals surface area contributed by atoms with Crippen molar-refractivity contribution in [3.05, 3.63) is 0 Å². The standard InChI is InChI=1S/C6H12N2O2S4/c1-11-5(3(7)9)13-14-6(12-2)4(8)10/h5-6H,1-2H3,(H2,7,9)(H2,8,10). The highest BCUT2D eigenvalue weighted by molar-refractivity contribution is 8.80. The molecular formula is C6H12N2O2S4. The van der Waals surface area contributed by atoms with Gasteiger partial charge >= 0.3 is 0 Å². The van der Waals surface area contributed by atoms with Crippen molar-refractivity contribution in [1.82, 2.24) is 0 Å². The number of hydrogen-bond donors (Lipinski definition) is 2. The van der Waals surface area contributed by atoms with Gasteiger partial charge in [0.15, 0.2) is 0 Å². The summed E-state index contributed by atoms with van der Waals surface area (Å²) in [6, 6.07) is 0. The predicted molar refractivity (Wildman–Crippen MR) is 68.2 cm³/mol. The number of carbonyl (C=O) groups is 2. The summed E-state index contributed by atoms with van der Waals surface area (Å²) in [5.74, 6) is -0.779. The molecule has 4 N–H and O–H groups in total. The van der Waals surface area contributed by atoms with E-state index in [-0.39, 0.29) is 21.0 Å². The molecule has 2 amide bonds. The van der Waals surface area contributed by atoms with Gasteiger partial charge in [-0.2, -0.15) is 0 Å². The number of amides is 2. The fraction of sp³-hybridized carbons (Fsp3) is 0.667. The van der Waals surface area contributed by atoms with Gasteiger partial charge in [0.2, 0.25) is 11.8 Å². The number of thioether (sulfide) groups is 2. The molecule has 0 rings (SSSR count). The van der Waals surface area contributed by atoms with Crippen molar-refractivity contribution in [2.45, 2.75) is 9.16 Å². The molecule has 4 nitrogen and oxygen atoms in total. The zero-order valence-electron chi connectivity index (χ0n) is 7.76. The van der Waals surface area contributed by atoms with Gasteiger partial charge in [0.1, 0.15) is 9.16 Å². The van der Waals surface area contributed by atoms with Gasteiger partial charge in [-0.1, -0.05) is 21.6 Å². The van der Waals surface area contributed by atoms with Crippen LogP contribution in [0.15, 0.2) is 0 Å². The van der Waals surface area contributed by atoms with Crippen molar-refractivity contribution in [1.29, 1.82) is 0 Å². The Morgan fingerprint density at radius 3 is 1.36 bits per heavy atom. The molecule has 0 aliphatic rings. The second kappa shape index (κ2) is 7.61. The normalized spacial score (nSPS) is 14.7. The average molecular weight is 272 g/mol. The Balaban J connectivity index is 4.00. The Morgan fingerprint density at radius 2 is 1.21 bits per heavy atom. The topological polar surface area (TPSA) is 86.2 Å². The minimum absolute atomic E-state index is 0.339. The van der Waals surface area contributed by atoms with Gasteiger partial charge in [-0.3, -0.25) is 9.59 Å². The van der Waals surface area contributed by atoms with Crippen LogP contribution in [-0.4, -0.2) is 33.5 Å². The van der Waals surface area contributed by atoms with E-state index < -0.39 is 0 Å². The van der Waals surface area contributed by atoms with Gasteiger partial charge in [-0.25, -0.2) is 0 Å². The van der Waals surface area contributed by atoms with Gasteiger partial charge in [-0.15, -0.1) is 23.5 Å². The summed E-state index contributed by atoms with van der Waals surface area (Å²) in [6.45, 7) is 0. The lowest BCUT2D eigenvalue weighted by molar-refractivity contribution is -0.117. The van der Waals surface area contributed by atoms with Crippen LogP contribution in [0.3, 0.4) is 0 Å². The maximum absolute atomic E-state index is 10.8. The smallest absolute Gasteiger partial charge is 0.241 e. The lowest BCUT2D eigenvalue weighted by Crippen LogP contribution is -2.24. The fourth-order valence-corrected chi connectivity index (χ4v) is 5.40. The second-order valence-corrected chi connectivity index (χ2v) is 7.10. The molecule has 0 aromatic rings. The number of carbonyl (C=O) groups excluding carboxylic acids is 2. The number of rotatable bonds is 7. The van der Waals surface area contributed by atoms with Crippen molar-refractivity contribution in [2.24, 2.45) is 11.5 Å². The molecule has 2 unspecified atom stereocenters. The van der Waals surface area contributed by atoms with Crippen molar-refractivity contribution in [3.8, 4) is 0 Å². The fourth-order valence-electron chi connectivity index (χ4n) is 0.507. The van der Waals surface area contributed by atoms with Gasteiger partial charge in [0.25, 0.3) is 0 Å². The van der Waals surface area contributed by atoms with E-state index in [4.69, 9.17) is 11.5 Å². The molecule has 0 saturated heterocycles. The molecule has 82 valence electrons. The van der Waals surface area contributed by atoms with Gasteiger partial charge in [0.05, 0.1) is 0 Å². The molecule has 0 fully saturated rings. The largest absolute Gasteiger partial charge is 0.368 e. The third-order valence-corrected chi connectivity index (χ3v) is 7.32. The summed E-state index contributed by atoms with van der Waals surface area (Å²) < 4.78 is -0.678. The summed E-state index contributed by atoms with van der Waals surface area (Å²) in [4.78, 5) is 21.7. The first-order valence-electron chi connectivity index (χ1n) is 3.49. The second-order valence-electron chi connectivity index (χ2n) is 2.13. The molecule has 0 heterocycles. The van der Waals surface area contributed by atoms with Crippen LogP contribution in [-0.2, 0) is 9.59 Å². The molecular weight excluding hydrogens is 260 g/mol. The number of nitrogens with two attached hydrogens (primary N) is 2. The maximum Gasteiger partial charge on any atom is 0.241 e. The van der Waals surface area contributed by atoms with E-state index in [2.05, 4.69) is 0 Å². The Labute approximate surface area is 99.5 Å². The van der Waals surface area contributed by atoms with Crippen LogP contribution >= 0.6 is 45.1 Å². The van der Waals surface area contributed by atoms with E-state index in [1.165, 1.54) is 45.1 Å². The summed E-state index contributed by atoms with van der Waals surface area (Å²) >= 11 is 2.70. The van der Waals surface area contributed by atoms with Crippen LogP contribution < -0.4 is 11.5 Å². The molecule has 8 heteroatoms. The molecule has 0 aromatic carbocycles. The van der Waals surface area contributed by atoms with E-state index in [0.29, 0.717) is 0 Å². The van der Waals surface area contributed by atoms with E-state index in [1.54, 1.807) is 12.5 Å². The Kier molecular flexibility index (Phi) is 7.79. The van der Waals surface area contributed by atoms with Crippen molar-refractivity contribution in [2.75, 3.05) is 12.5 Å². The SMILES string of the molecule is CSC(SSC(SC)C(N)=O)C(N)=O. The summed E-state index contributed by atoms with van der Waals surface area (Å²) in [7, 11) is 2.55. The molecule has 2 atom stereocenters. The first kappa shape index (κ1) is 14.3. The molecule has 0 saturated carbocycles. The monoisotopic (exact) mass is 272 g/mol. The third-order valence-electron chi connectivity index (χ3n) is 1.12. The van der Waals surface area contributed by atoms with E-state index in [9.17, 15) is 9.59 Å². The lowest BCUT2D eigenvalue weighted by atomic mass is 10.7. The molecule has 0 aromatic heterocycles. The van der Waals surface area contributed by atoms with E-state index in [1.807, 2.05) is 0 Å². The van der Waals surface area contributed by atoms with E-state index >= 15 is 0 Å². The average Bonchev–Trinajstić information content (AvgIpc) is 2.11. The molecule has 0 spiro atoms. The number of hydrogen-bond acceptors (Lipinski definition) is 6. The van der Waals surface area contributed by atoms with Crippen LogP contribution in [0.2, 0.25) is 0 Å². The summed E-state index contributed by atoms with van der Waals surface area (Å²) in [5, 5.41) is 0. The highest BCUT2D eigenvalue weighted by Crippen LogP contribution is 2.38. The third kappa shape index (κ3) is 5.28.